The van der Waals surface area contributed by atoms with E-state index in [0.29, 0.717) is 6.07 Å². The highest BCUT2D eigenvalue weighted by molar-refractivity contribution is 5.93. The van der Waals surface area contributed by atoms with E-state index in [1.807, 2.05) is 0 Å². The molecule has 0 fully saturated rings. The SMILES string of the molecule is COCC(C)Oc1cc(Oc2ccc(C(=O)O)cc2C(F)(F)F)cc(C(N)=O)c1. The van der Waals surface area contributed by atoms with Gasteiger partial charge in [0.2, 0.25) is 5.91 Å². The molecule has 3 N–H and O–H groups in total. The van der Waals surface area contributed by atoms with Crippen LogP contribution in [0.3, 0.4) is 0 Å². The molecule has 29 heavy (non-hydrogen) atoms. The second-order valence-corrected chi connectivity index (χ2v) is 6.06. The van der Waals surface area contributed by atoms with Crippen LogP contribution in [0.2, 0.25) is 0 Å². The molecular formula is C19H18F3NO6. The minimum absolute atomic E-state index is 0.0437. The Morgan fingerprint density at radius 1 is 1.10 bits per heavy atom. The van der Waals surface area contributed by atoms with Gasteiger partial charge in [0.25, 0.3) is 0 Å². The molecule has 0 heterocycles. The number of halogens is 3. The maximum Gasteiger partial charge on any atom is 0.420 e. The van der Waals surface area contributed by atoms with Crippen LogP contribution in [0, 0.1) is 0 Å². The highest BCUT2D eigenvalue weighted by Crippen LogP contribution is 2.39. The van der Waals surface area contributed by atoms with Crippen LogP contribution >= 0.6 is 0 Å². The van der Waals surface area contributed by atoms with Crippen LogP contribution in [0.15, 0.2) is 36.4 Å². The lowest BCUT2D eigenvalue weighted by Gasteiger charge is -2.17. The number of methoxy groups -OCH3 is 1. The summed E-state index contributed by atoms with van der Waals surface area (Å²) in [4.78, 5) is 22.5. The smallest absolute Gasteiger partial charge is 0.420 e. The molecule has 1 unspecified atom stereocenters. The number of hydrogen-bond acceptors (Lipinski definition) is 5. The van der Waals surface area contributed by atoms with Gasteiger partial charge in [-0.15, -0.1) is 0 Å². The van der Waals surface area contributed by atoms with Gasteiger partial charge < -0.3 is 25.1 Å². The molecule has 0 aromatic heterocycles. The molecule has 0 aliphatic carbocycles. The molecule has 0 spiro atoms. The van der Waals surface area contributed by atoms with E-state index < -0.39 is 41.0 Å². The van der Waals surface area contributed by atoms with Crippen LogP contribution in [0.1, 0.15) is 33.2 Å². The maximum atomic E-state index is 13.4. The molecule has 1 amide bonds. The topological polar surface area (TPSA) is 108 Å². The Labute approximate surface area is 163 Å². The number of nitrogens with two attached hydrogens (primary N) is 1. The fourth-order valence-corrected chi connectivity index (χ4v) is 2.44. The first-order valence-electron chi connectivity index (χ1n) is 8.24. The number of aromatic carboxylic acids is 1. The summed E-state index contributed by atoms with van der Waals surface area (Å²) in [5.41, 5.74) is 3.39. The van der Waals surface area contributed by atoms with E-state index in [2.05, 4.69) is 0 Å². The van der Waals surface area contributed by atoms with Crippen molar-refractivity contribution in [2.24, 2.45) is 5.73 Å². The Bertz CT molecular complexity index is 913. The normalized spacial score (nSPS) is 12.3. The Morgan fingerprint density at radius 3 is 2.31 bits per heavy atom. The van der Waals surface area contributed by atoms with E-state index in [1.54, 1.807) is 6.92 Å². The molecule has 0 radical (unpaired) electrons. The monoisotopic (exact) mass is 413 g/mol. The summed E-state index contributed by atoms with van der Waals surface area (Å²) >= 11 is 0. The second-order valence-electron chi connectivity index (χ2n) is 6.06. The van der Waals surface area contributed by atoms with Crippen molar-refractivity contribution in [3.05, 3.63) is 53.1 Å². The van der Waals surface area contributed by atoms with Crippen molar-refractivity contribution >= 4 is 11.9 Å². The van der Waals surface area contributed by atoms with Gasteiger partial charge in [-0.25, -0.2) is 4.79 Å². The van der Waals surface area contributed by atoms with Gasteiger partial charge in [0.05, 0.1) is 17.7 Å². The predicted molar refractivity (Wildman–Crippen MR) is 95.4 cm³/mol. The van der Waals surface area contributed by atoms with Gasteiger partial charge in [0.1, 0.15) is 23.4 Å². The lowest BCUT2D eigenvalue weighted by atomic mass is 10.1. The summed E-state index contributed by atoms with van der Waals surface area (Å²) < 4.78 is 55.9. The standard InChI is InChI=1S/C19H18F3NO6/c1-10(9-27-2)28-13-5-12(17(23)24)6-14(8-13)29-16-4-3-11(18(25)26)7-15(16)19(20,21)22/h3-8,10H,9H2,1-2H3,(H2,23,24)(H,25,26). The molecular weight excluding hydrogens is 395 g/mol. The predicted octanol–water partition coefficient (Wildman–Crippen LogP) is 3.71. The van der Waals surface area contributed by atoms with E-state index in [1.165, 1.54) is 19.2 Å². The highest BCUT2D eigenvalue weighted by Gasteiger charge is 2.35. The molecule has 156 valence electrons. The zero-order valence-corrected chi connectivity index (χ0v) is 15.4. The van der Waals surface area contributed by atoms with E-state index in [0.717, 1.165) is 18.2 Å². The van der Waals surface area contributed by atoms with E-state index in [4.69, 9.17) is 25.1 Å². The average Bonchev–Trinajstić information content (AvgIpc) is 2.60. The number of primary amides is 1. The van der Waals surface area contributed by atoms with E-state index in [9.17, 15) is 22.8 Å². The van der Waals surface area contributed by atoms with Crippen LogP contribution in [0.25, 0.3) is 0 Å². The first-order chi connectivity index (χ1) is 13.5. The number of rotatable bonds is 8. The molecule has 0 saturated carbocycles. The van der Waals surface area contributed by atoms with Crippen LogP contribution in [0.4, 0.5) is 13.2 Å². The first-order valence-corrected chi connectivity index (χ1v) is 8.24. The number of hydrogen-bond donors (Lipinski definition) is 2. The molecule has 2 aromatic carbocycles. The van der Waals surface area contributed by atoms with Gasteiger partial charge in [0, 0.05) is 18.7 Å². The van der Waals surface area contributed by atoms with Crippen LogP contribution in [-0.4, -0.2) is 36.8 Å². The molecule has 0 bridgehead atoms. The maximum absolute atomic E-state index is 13.4. The number of carboxylic acid groups (broad SMARTS) is 1. The molecule has 0 aliphatic heterocycles. The van der Waals surface area contributed by atoms with Crippen LogP contribution in [0.5, 0.6) is 17.2 Å². The first kappa shape index (κ1) is 22.0. The zero-order chi connectivity index (χ0) is 21.8. The molecule has 2 aromatic rings. The third-order valence-corrected chi connectivity index (χ3v) is 3.66. The lowest BCUT2D eigenvalue weighted by Crippen LogP contribution is -2.18. The lowest BCUT2D eigenvalue weighted by molar-refractivity contribution is -0.138. The van der Waals surface area contributed by atoms with Gasteiger partial charge in [-0.3, -0.25) is 4.79 Å². The molecule has 0 saturated heterocycles. The summed E-state index contributed by atoms with van der Waals surface area (Å²) in [6.45, 7) is 1.92. The van der Waals surface area contributed by atoms with Crippen molar-refractivity contribution in [2.75, 3.05) is 13.7 Å². The van der Waals surface area contributed by atoms with Crippen molar-refractivity contribution < 1.29 is 42.1 Å². The van der Waals surface area contributed by atoms with Crippen molar-refractivity contribution in [2.45, 2.75) is 19.2 Å². The van der Waals surface area contributed by atoms with Crippen LogP contribution in [-0.2, 0) is 10.9 Å². The third-order valence-electron chi connectivity index (χ3n) is 3.66. The van der Waals surface area contributed by atoms with Crippen molar-refractivity contribution in [1.82, 2.24) is 0 Å². The molecule has 2 rings (SSSR count). The number of carboxylic acids is 1. The van der Waals surface area contributed by atoms with Gasteiger partial charge in [-0.1, -0.05) is 0 Å². The van der Waals surface area contributed by atoms with Gasteiger partial charge in [-0.05, 0) is 37.3 Å². The fraction of sp³-hybridized carbons (Fsp3) is 0.263. The zero-order valence-electron chi connectivity index (χ0n) is 15.4. The number of benzene rings is 2. The quantitative estimate of drug-likeness (QED) is 0.683. The Hall–Kier alpha value is -3.27. The molecule has 7 nitrogen and oxygen atoms in total. The number of alkyl halides is 3. The van der Waals surface area contributed by atoms with E-state index >= 15 is 0 Å². The summed E-state index contributed by atoms with van der Waals surface area (Å²) in [5, 5.41) is 8.93. The molecule has 10 heteroatoms. The Morgan fingerprint density at radius 2 is 1.76 bits per heavy atom. The number of ether oxygens (including phenoxy) is 3. The largest absolute Gasteiger partial charge is 0.488 e. The van der Waals surface area contributed by atoms with Crippen molar-refractivity contribution in [1.29, 1.82) is 0 Å². The van der Waals surface area contributed by atoms with E-state index in [-0.39, 0.29) is 23.7 Å². The minimum atomic E-state index is -4.87. The van der Waals surface area contributed by atoms with Gasteiger partial charge in [0.15, 0.2) is 0 Å². The van der Waals surface area contributed by atoms with Crippen molar-refractivity contribution in [3.8, 4) is 17.2 Å². The van der Waals surface area contributed by atoms with Gasteiger partial charge in [-0.2, -0.15) is 13.2 Å². The summed E-state index contributed by atoms with van der Waals surface area (Å²) in [6, 6.07) is 6.08. The Balaban J connectivity index is 2.46. The number of carbonyl (C=O) groups is 2. The third kappa shape index (κ3) is 5.85. The average molecular weight is 413 g/mol. The summed E-state index contributed by atoms with van der Waals surface area (Å²) in [6.07, 6.45) is -5.29. The van der Waals surface area contributed by atoms with Crippen molar-refractivity contribution in [3.63, 3.8) is 0 Å². The highest BCUT2D eigenvalue weighted by atomic mass is 19.4. The number of amides is 1. The second kappa shape index (κ2) is 8.82. The molecule has 0 aliphatic rings. The molecule has 1 atom stereocenters. The summed E-state index contributed by atoms with van der Waals surface area (Å²) in [5.74, 6) is -3.00. The van der Waals surface area contributed by atoms with Gasteiger partial charge >= 0.3 is 12.1 Å². The summed E-state index contributed by atoms with van der Waals surface area (Å²) in [7, 11) is 1.47. The Kier molecular flexibility index (Phi) is 6.70. The fourth-order valence-electron chi connectivity index (χ4n) is 2.44. The number of carbonyl (C=O) groups excluding carboxylic acids is 1. The minimum Gasteiger partial charge on any atom is -0.488 e. The van der Waals surface area contributed by atoms with Crippen LogP contribution < -0.4 is 15.2 Å².